The Morgan fingerprint density at radius 1 is 0.816 bits per heavy atom. The summed E-state index contributed by atoms with van der Waals surface area (Å²) in [7, 11) is 1.61. The van der Waals surface area contributed by atoms with Gasteiger partial charge < -0.3 is 24.1 Å². The molecule has 1 unspecified atom stereocenters. The summed E-state index contributed by atoms with van der Waals surface area (Å²) in [6, 6.07) is 21.9. The molecule has 0 aliphatic rings. The first kappa shape index (κ1) is 29.9. The van der Waals surface area contributed by atoms with Crippen molar-refractivity contribution in [3.63, 3.8) is 0 Å². The van der Waals surface area contributed by atoms with Gasteiger partial charge >= 0.3 is 6.16 Å². The average molecular weight is 517 g/mol. The van der Waals surface area contributed by atoms with Gasteiger partial charge in [0.25, 0.3) is 0 Å². The summed E-state index contributed by atoms with van der Waals surface area (Å²) in [5.41, 5.74) is 2.56. The normalized spacial score (nSPS) is 11.9. The lowest BCUT2D eigenvalue weighted by Gasteiger charge is -2.18. The Morgan fingerprint density at radius 3 is 1.76 bits per heavy atom. The van der Waals surface area contributed by atoms with Gasteiger partial charge in [0.2, 0.25) is 0 Å². The number of allylic oxidation sites excluding steroid dienone is 2. The van der Waals surface area contributed by atoms with E-state index in [2.05, 4.69) is 6.58 Å². The van der Waals surface area contributed by atoms with E-state index >= 15 is 0 Å². The van der Waals surface area contributed by atoms with Crippen LogP contribution in [0.2, 0.25) is 0 Å². The van der Waals surface area contributed by atoms with Gasteiger partial charge in [0.1, 0.15) is 22.8 Å². The lowest BCUT2D eigenvalue weighted by molar-refractivity contribution is -0.0382. The molecule has 38 heavy (non-hydrogen) atoms. The van der Waals surface area contributed by atoms with Crippen molar-refractivity contribution in [1.29, 1.82) is 0 Å². The molecule has 0 amide bonds. The number of methoxy groups -OCH3 is 1. The molecular weight excluding hydrogens is 480 g/mol. The molecule has 0 aliphatic heterocycles. The minimum atomic E-state index is -0.696. The molecular formula is C32H36O6. The van der Waals surface area contributed by atoms with Crippen LogP contribution in [0.15, 0.2) is 91.5 Å². The third-order valence-electron chi connectivity index (χ3n) is 4.80. The van der Waals surface area contributed by atoms with E-state index in [1.807, 2.05) is 79.8 Å². The van der Waals surface area contributed by atoms with Gasteiger partial charge in [-0.2, -0.15) is 0 Å². The molecule has 0 bridgehead atoms. The number of hydrogen-bond acceptors (Lipinski definition) is 6. The number of carbonyl (C=O) groups excluding carboxylic acids is 1. The van der Waals surface area contributed by atoms with E-state index < -0.39 is 11.8 Å². The van der Waals surface area contributed by atoms with Crippen LogP contribution < -0.4 is 9.47 Å². The first-order chi connectivity index (χ1) is 18.1. The number of ether oxygens (including phenoxy) is 4. The highest BCUT2D eigenvalue weighted by Gasteiger charge is 2.17. The highest BCUT2D eigenvalue weighted by molar-refractivity contribution is 5.64. The van der Waals surface area contributed by atoms with Crippen molar-refractivity contribution in [3.05, 3.63) is 108 Å². The molecule has 3 aromatic rings. The molecule has 0 radical (unpaired) electrons. The molecule has 0 aliphatic carbocycles. The highest BCUT2D eigenvalue weighted by atomic mass is 16.7. The number of phenolic OH excluding ortho intramolecular Hbond substituents is 1. The topological polar surface area (TPSA) is 74.2 Å². The van der Waals surface area contributed by atoms with Gasteiger partial charge in [-0.1, -0.05) is 73.4 Å². The summed E-state index contributed by atoms with van der Waals surface area (Å²) >= 11 is 0. The Morgan fingerprint density at radius 2 is 1.29 bits per heavy atom. The van der Waals surface area contributed by atoms with E-state index in [1.54, 1.807) is 58.2 Å². The first-order valence-electron chi connectivity index (χ1n) is 12.1. The summed E-state index contributed by atoms with van der Waals surface area (Å²) in [5, 5.41) is 9.21. The minimum absolute atomic E-state index is 0.255. The lowest BCUT2D eigenvalue weighted by atomic mass is 10.2. The quantitative estimate of drug-likeness (QED) is 0.141. The van der Waals surface area contributed by atoms with Crippen LogP contribution in [0, 0.1) is 0 Å². The molecule has 0 heterocycles. The van der Waals surface area contributed by atoms with Crippen LogP contribution in [0.1, 0.15) is 44.4 Å². The van der Waals surface area contributed by atoms with E-state index in [9.17, 15) is 9.90 Å². The fourth-order valence-corrected chi connectivity index (χ4v) is 2.86. The van der Waals surface area contributed by atoms with Crippen molar-refractivity contribution in [2.75, 3.05) is 7.11 Å². The molecule has 0 saturated carbocycles. The van der Waals surface area contributed by atoms with Crippen molar-refractivity contribution in [1.82, 2.24) is 0 Å². The number of hydrogen-bond donors (Lipinski definition) is 1. The van der Waals surface area contributed by atoms with Crippen LogP contribution in [0.5, 0.6) is 17.2 Å². The van der Waals surface area contributed by atoms with Crippen molar-refractivity contribution in [2.24, 2.45) is 0 Å². The van der Waals surface area contributed by atoms with Gasteiger partial charge in [0, 0.05) is 7.11 Å². The number of rotatable bonds is 8. The van der Waals surface area contributed by atoms with E-state index in [0.717, 1.165) is 22.4 Å². The van der Waals surface area contributed by atoms with E-state index in [0.29, 0.717) is 5.75 Å². The number of carbonyl (C=O) groups is 1. The van der Waals surface area contributed by atoms with Gasteiger partial charge in [0.05, 0.1) is 0 Å². The maximum atomic E-state index is 11.3. The average Bonchev–Trinajstić information content (AvgIpc) is 2.88. The molecule has 1 N–H and O–H groups in total. The second kappa shape index (κ2) is 15.1. The van der Waals surface area contributed by atoms with Gasteiger partial charge in [-0.15, -0.1) is 0 Å². The highest BCUT2D eigenvalue weighted by Crippen LogP contribution is 2.17. The molecule has 6 nitrogen and oxygen atoms in total. The fourth-order valence-electron chi connectivity index (χ4n) is 2.86. The molecule has 3 rings (SSSR count). The Balaban J connectivity index is 0.000000281. The molecule has 0 saturated heterocycles. The van der Waals surface area contributed by atoms with E-state index in [-0.39, 0.29) is 12.0 Å². The fraction of sp³-hybridized carbons (Fsp3) is 0.219. The lowest BCUT2D eigenvalue weighted by Crippen LogP contribution is -2.25. The van der Waals surface area contributed by atoms with Crippen molar-refractivity contribution in [3.8, 4) is 17.2 Å². The Hall–Kier alpha value is -4.29. The van der Waals surface area contributed by atoms with Crippen LogP contribution in [-0.4, -0.2) is 30.3 Å². The zero-order valence-corrected chi connectivity index (χ0v) is 22.6. The smallest absolute Gasteiger partial charge is 0.508 e. The van der Waals surface area contributed by atoms with E-state index in [1.165, 1.54) is 0 Å². The van der Waals surface area contributed by atoms with Crippen LogP contribution in [0.25, 0.3) is 18.2 Å². The number of benzene rings is 3. The first-order valence-corrected chi connectivity index (χ1v) is 12.1. The number of phenols is 1. The van der Waals surface area contributed by atoms with Gasteiger partial charge in [-0.3, -0.25) is 0 Å². The zero-order chi connectivity index (χ0) is 28.0. The SMILES string of the molecule is C=Cc1ccc(OC(=O)OC(C)(C)C)cc1.COC(C)Oc1ccc(C=CC=Cc2ccc(O)cc2)cc1. The standard InChI is InChI=1S/C19H20O3.C13H16O3/c1-15(21-2)22-19-13-9-17(10-14-19)6-4-3-5-16-7-11-18(20)12-8-16;1-5-10-6-8-11(9-7-10)15-12(14)16-13(2,3)4/h3-15,20H,1-2H3;5-9H,1H2,2-4H3. The van der Waals surface area contributed by atoms with Crippen LogP contribution in [-0.2, 0) is 9.47 Å². The Labute approximate surface area is 225 Å². The Bertz CT molecular complexity index is 1180. The monoisotopic (exact) mass is 516 g/mol. The molecule has 1 atom stereocenters. The van der Waals surface area contributed by atoms with Crippen molar-refractivity contribution in [2.45, 2.75) is 39.6 Å². The maximum absolute atomic E-state index is 11.3. The summed E-state index contributed by atoms with van der Waals surface area (Å²) in [6.07, 6.45) is 8.70. The maximum Gasteiger partial charge on any atom is 0.514 e. The van der Waals surface area contributed by atoms with Crippen LogP contribution in [0.3, 0.4) is 0 Å². The number of aromatic hydroxyl groups is 1. The third kappa shape index (κ3) is 12.1. The molecule has 6 heteroatoms. The summed E-state index contributed by atoms with van der Waals surface area (Å²) in [6.45, 7) is 10.8. The zero-order valence-electron chi connectivity index (χ0n) is 22.6. The largest absolute Gasteiger partial charge is 0.514 e. The molecule has 0 spiro atoms. The molecule has 0 fully saturated rings. The predicted octanol–water partition coefficient (Wildman–Crippen LogP) is 8.13. The van der Waals surface area contributed by atoms with Crippen LogP contribution in [0.4, 0.5) is 4.79 Å². The molecule has 0 aromatic heterocycles. The summed E-state index contributed by atoms with van der Waals surface area (Å²) in [5.74, 6) is 1.52. The van der Waals surface area contributed by atoms with Gasteiger partial charge in [0.15, 0.2) is 6.29 Å². The van der Waals surface area contributed by atoms with Crippen LogP contribution >= 0.6 is 0 Å². The second-order valence-electron chi connectivity index (χ2n) is 9.14. The van der Waals surface area contributed by atoms with Crippen molar-refractivity contribution >= 4 is 24.4 Å². The van der Waals surface area contributed by atoms with Crippen molar-refractivity contribution < 1.29 is 28.8 Å². The minimum Gasteiger partial charge on any atom is -0.508 e. The van der Waals surface area contributed by atoms with Gasteiger partial charge in [-0.05, 0) is 80.8 Å². The molecule has 3 aromatic carbocycles. The summed E-state index contributed by atoms with van der Waals surface area (Å²) in [4.78, 5) is 11.3. The predicted molar refractivity (Wildman–Crippen MR) is 153 cm³/mol. The second-order valence-corrected chi connectivity index (χ2v) is 9.14. The van der Waals surface area contributed by atoms with E-state index in [4.69, 9.17) is 18.9 Å². The Kier molecular flexibility index (Phi) is 11.9. The van der Waals surface area contributed by atoms with Gasteiger partial charge in [-0.25, -0.2) is 4.79 Å². The summed E-state index contributed by atoms with van der Waals surface area (Å²) < 4.78 is 20.6. The third-order valence-corrected chi connectivity index (χ3v) is 4.80. The molecule has 200 valence electrons.